The van der Waals surface area contributed by atoms with Crippen LogP contribution in [0.4, 0.5) is 0 Å². The van der Waals surface area contributed by atoms with E-state index in [0.29, 0.717) is 11.8 Å². The average molecular weight is 387 g/mol. The first kappa shape index (κ1) is 17.3. The minimum atomic E-state index is 0. The lowest BCUT2D eigenvalue weighted by atomic mass is 9.82. The summed E-state index contributed by atoms with van der Waals surface area (Å²) in [6.45, 7) is 4.53. The third kappa shape index (κ3) is 3.87. The first-order chi connectivity index (χ1) is 9.13. The zero-order chi connectivity index (χ0) is 13.8. The van der Waals surface area contributed by atoms with Gasteiger partial charge in [0.05, 0.1) is 0 Å². The van der Waals surface area contributed by atoms with Crippen LogP contribution in [0.25, 0.3) is 0 Å². The first-order valence-corrected chi connectivity index (χ1v) is 7.07. The van der Waals surface area contributed by atoms with E-state index in [4.69, 9.17) is 0 Å². The monoisotopic (exact) mass is 387 g/mol. The molecule has 0 spiro atoms. The molecule has 2 unspecified atom stereocenters. The second-order valence-corrected chi connectivity index (χ2v) is 5.65. The van der Waals surface area contributed by atoms with Crippen LogP contribution in [0.1, 0.15) is 24.8 Å². The Balaban J connectivity index is 0.00000200. The molecular formula is C16H26IN3. The molecule has 1 aliphatic rings. The van der Waals surface area contributed by atoms with E-state index >= 15 is 0 Å². The van der Waals surface area contributed by atoms with Crippen molar-refractivity contribution in [3.05, 3.63) is 35.9 Å². The summed E-state index contributed by atoms with van der Waals surface area (Å²) in [6, 6.07) is 10.9. The lowest BCUT2D eigenvalue weighted by Gasteiger charge is -2.40. The third-order valence-electron chi connectivity index (χ3n) is 4.02. The van der Waals surface area contributed by atoms with Crippen molar-refractivity contribution < 1.29 is 0 Å². The van der Waals surface area contributed by atoms with Crippen LogP contribution >= 0.6 is 24.0 Å². The molecule has 0 amide bonds. The summed E-state index contributed by atoms with van der Waals surface area (Å²) in [6.07, 6.45) is 1.21. The SMILES string of the molecule is CN=C(N(C)C)N1CCC(c2ccccc2)C(C)C1.I. The number of nitrogens with zero attached hydrogens (tertiary/aromatic N) is 3. The maximum atomic E-state index is 4.41. The zero-order valence-corrected chi connectivity index (χ0v) is 15.2. The Morgan fingerprint density at radius 1 is 1.25 bits per heavy atom. The van der Waals surface area contributed by atoms with Gasteiger partial charge in [0.2, 0.25) is 0 Å². The third-order valence-corrected chi connectivity index (χ3v) is 4.02. The second-order valence-electron chi connectivity index (χ2n) is 5.65. The Morgan fingerprint density at radius 2 is 1.90 bits per heavy atom. The molecule has 20 heavy (non-hydrogen) atoms. The molecule has 0 saturated carbocycles. The van der Waals surface area contributed by atoms with Gasteiger partial charge in [-0.1, -0.05) is 37.3 Å². The molecule has 112 valence electrons. The molecule has 1 heterocycles. The minimum Gasteiger partial charge on any atom is -0.349 e. The van der Waals surface area contributed by atoms with E-state index < -0.39 is 0 Å². The molecule has 0 aromatic heterocycles. The zero-order valence-electron chi connectivity index (χ0n) is 12.9. The summed E-state index contributed by atoms with van der Waals surface area (Å²) in [5.41, 5.74) is 1.48. The summed E-state index contributed by atoms with van der Waals surface area (Å²) >= 11 is 0. The van der Waals surface area contributed by atoms with E-state index in [1.165, 1.54) is 12.0 Å². The summed E-state index contributed by atoms with van der Waals surface area (Å²) in [4.78, 5) is 8.93. The van der Waals surface area contributed by atoms with Crippen LogP contribution in [0.2, 0.25) is 0 Å². The van der Waals surface area contributed by atoms with Gasteiger partial charge in [-0.3, -0.25) is 4.99 Å². The number of likely N-dealkylation sites (tertiary alicyclic amines) is 1. The Morgan fingerprint density at radius 3 is 2.40 bits per heavy atom. The van der Waals surface area contributed by atoms with Gasteiger partial charge in [-0.2, -0.15) is 0 Å². The van der Waals surface area contributed by atoms with E-state index in [2.05, 4.69) is 66.1 Å². The van der Waals surface area contributed by atoms with Gasteiger partial charge in [0.15, 0.2) is 5.96 Å². The van der Waals surface area contributed by atoms with Crippen molar-refractivity contribution in [2.24, 2.45) is 10.9 Å². The molecular weight excluding hydrogens is 361 g/mol. The van der Waals surface area contributed by atoms with E-state index in [1.54, 1.807) is 0 Å². The van der Waals surface area contributed by atoms with Gasteiger partial charge in [-0.05, 0) is 23.8 Å². The van der Waals surface area contributed by atoms with Gasteiger partial charge < -0.3 is 9.80 Å². The highest BCUT2D eigenvalue weighted by Crippen LogP contribution is 2.32. The molecule has 4 heteroatoms. The number of benzene rings is 1. The van der Waals surface area contributed by atoms with E-state index in [1.807, 2.05) is 7.05 Å². The van der Waals surface area contributed by atoms with Gasteiger partial charge in [-0.15, -0.1) is 24.0 Å². The fourth-order valence-electron chi connectivity index (χ4n) is 3.15. The Labute approximate surface area is 140 Å². The van der Waals surface area contributed by atoms with Gasteiger partial charge in [0, 0.05) is 34.2 Å². The van der Waals surface area contributed by atoms with E-state index in [9.17, 15) is 0 Å². The smallest absolute Gasteiger partial charge is 0.195 e. The quantitative estimate of drug-likeness (QED) is 0.419. The summed E-state index contributed by atoms with van der Waals surface area (Å²) in [5, 5.41) is 0. The van der Waals surface area contributed by atoms with E-state index in [-0.39, 0.29) is 24.0 Å². The molecule has 2 atom stereocenters. The van der Waals surface area contributed by atoms with Gasteiger partial charge in [-0.25, -0.2) is 0 Å². The van der Waals surface area contributed by atoms with Crippen molar-refractivity contribution in [2.75, 3.05) is 34.2 Å². The Kier molecular flexibility index (Phi) is 6.79. The van der Waals surface area contributed by atoms with Crippen molar-refractivity contribution >= 4 is 29.9 Å². The highest BCUT2D eigenvalue weighted by molar-refractivity contribution is 14.0. The summed E-state index contributed by atoms with van der Waals surface area (Å²) < 4.78 is 0. The fraction of sp³-hybridized carbons (Fsp3) is 0.562. The summed E-state index contributed by atoms with van der Waals surface area (Å²) in [5.74, 6) is 2.43. The number of halogens is 1. The highest BCUT2D eigenvalue weighted by Gasteiger charge is 2.29. The predicted octanol–water partition coefficient (Wildman–Crippen LogP) is 3.28. The maximum Gasteiger partial charge on any atom is 0.195 e. The van der Waals surface area contributed by atoms with Crippen LogP contribution in [0.3, 0.4) is 0 Å². The number of piperidine rings is 1. The summed E-state index contributed by atoms with van der Waals surface area (Å²) in [7, 11) is 6.01. The molecule has 0 bridgehead atoms. The lowest BCUT2D eigenvalue weighted by molar-refractivity contribution is 0.223. The van der Waals surface area contributed by atoms with Crippen molar-refractivity contribution in [1.82, 2.24) is 9.80 Å². The standard InChI is InChI=1S/C16H25N3.HI/c1-13-12-19(16(17-2)18(3)4)11-10-15(13)14-8-6-5-7-9-14;/h5-9,13,15H,10-12H2,1-4H3;1H. The molecule has 1 aromatic carbocycles. The van der Waals surface area contributed by atoms with Gasteiger partial charge >= 0.3 is 0 Å². The largest absolute Gasteiger partial charge is 0.349 e. The van der Waals surface area contributed by atoms with Crippen LogP contribution in [0.5, 0.6) is 0 Å². The topological polar surface area (TPSA) is 18.8 Å². The normalized spacial score (nSPS) is 23.2. The molecule has 2 rings (SSSR count). The number of hydrogen-bond acceptors (Lipinski definition) is 1. The van der Waals surface area contributed by atoms with Gasteiger partial charge in [0.25, 0.3) is 0 Å². The van der Waals surface area contributed by atoms with Crippen LogP contribution < -0.4 is 0 Å². The molecule has 0 aliphatic carbocycles. The molecule has 1 saturated heterocycles. The molecule has 1 aliphatic heterocycles. The Bertz CT molecular complexity index is 431. The first-order valence-electron chi connectivity index (χ1n) is 7.07. The van der Waals surface area contributed by atoms with Crippen molar-refractivity contribution in [2.45, 2.75) is 19.3 Å². The van der Waals surface area contributed by atoms with Crippen LogP contribution in [0.15, 0.2) is 35.3 Å². The molecule has 1 fully saturated rings. The van der Waals surface area contributed by atoms with Crippen LogP contribution in [0, 0.1) is 5.92 Å². The average Bonchev–Trinajstić information content (AvgIpc) is 2.40. The molecule has 0 N–H and O–H groups in total. The van der Waals surface area contributed by atoms with Crippen LogP contribution in [-0.2, 0) is 0 Å². The molecule has 3 nitrogen and oxygen atoms in total. The number of rotatable bonds is 1. The van der Waals surface area contributed by atoms with Crippen molar-refractivity contribution in [3.8, 4) is 0 Å². The Hall–Kier alpha value is -0.780. The predicted molar refractivity (Wildman–Crippen MR) is 97.0 cm³/mol. The van der Waals surface area contributed by atoms with Gasteiger partial charge in [0.1, 0.15) is 0 Å². The van der Waals surface area contributed by atoms with Crippen molar-refractivity contribution in [1.29, 1.82) is 0 Å². The second kappa shape index (κ2) is 7.86. The highest BCUT2D eigenvalue weighted by atomic mass is 127. The molecule has 1 aromatic rings. The number of aliphatic imine (C=N–C) groups is 1. The number of hydrogen-bond donors (Lipinski definition) is 0. The maximum absolute atomic E-state index is 4.41. The van der Waals surface area contributed by atoms with Crippen LogP contribution in [-0.4, -0.2) is 50.0 Å². The lowest BCUT2D eigenvalue weighted by Crippen LogP contribution is -2.47. The fourth-order valence-corrected chi connectivity index (χ4v) is 3.15. The molecule has 0 radical (unpaired) electrons. The van der Waals surface area contributed by atoms with E-state index in [0.717, 1.165) is 19.0 Å². The number of guanidine groups is 1. The minimum absolute atomic E-state index is 0. The van der Waals surface area contributed by atoms with Crippen molar-refractivity contribution in [3.63, 3.8) is 0 Å².